The highest BCUT2D eigenvalue weighted by Crippen LogP contribution is 2.08. The first-order chi connectivity index (χ1) is 4.22. The number of hydrogen-bond acceptors (Lipinski definition) is 2. The lowest BCUT2D eigenvalue weighted by molar-refractivity contribution is -0.0227. The van der Waals surface area contributed by atoms with Gasteiger partial charge >= 0.3 is 0 Å². The maximum absolute atomic E-state index is 5.32. The predicted molar refractivity (Wildman–Crippen MR) is 37.5 cm³/mol. The van der Waals surface area contributed by atoms with E-state index in [4.69, 9.17) is 4.74 Å². The highest BCUT2D eigenvalue weighted by molar-refractivity contribution is 4.73. The Labute approximate surface area is 56.8 Å². The Balaban J connectivity index is 2.41. The van der Waals surface area contributed by atoms with E-state index in [9.17, 15) is 0 Å². The van der Waals surface area contributed by atoms with Crippen LogP contribution in [0.1, 0.15) is 13.8 Å². The number of morpholine rings is 1. The van der Waals surface area contributed by atoms with Crippen LogP contribution in [0.4, 0.5) is 0 Å². The molecule has 0 amide bonds. The van der Waals surface area contributed by atoms with Gasteiger partial charge in [-0.05, 0) is 20.9 Å². The summed E-state index contributed by atoms with van der Waals surface area (Å²) in [4.78, 5) is 2.35. The van der Waals surface area contributed by atoms with Crippen LogP contribution in [0.3, 0.4) is 0 Å². The molecule has 0 saturated carbocycles. The topological polar surface area (TPSA) is 12.5 Å². The van der Waals surface area contributed by atoms with Gasteiger partial charge in [0.05, 0.1) is 13.2 Å². The standard InChI is InChI=1S/C7H15NO/c1-6-4-9-5-7(2)8(6)3/h6-7H,4-5H2,1-3H3/t6-,7?/m0/s1. The molecule has 0 N–H and O–H groups in total. The average Bonchev–Trinajstić information content (AvgIpc) is 1.83. The van der Waals surface area contributed by atoms with Gasteiger partial charge in [-0.3, -0.25) is 4.90 Å². The summed E-state index contributed by atoms with van der Waals surface area (Å²) in [6.07, 6.45) is 0. The Morgan fingerprint density at radius 1 is 1.22 bits per heavy atom. The quantitative estimate of drug-likeness (QED) is 0.478. The molecule has 1 fully saturated rings. The van der Waals surface area contributed by atoms with Gasteiger partial charge < -0.3 is 4.74 Å². The van der Waals surface area contributed by atoms with Crippen molar-refractivity contribution in [1.82, 2.24) is 4.90 Å². The smallest absolute Gasteiger partial charge is 0.0619 e. The molecule has 54 valence electrons. The molecule has 1 unspecified atom stereocenters. The van der Waals surface area contributed by atoms with Crippen molar-refractivity contribution in [2.45, 2.75) is 25.9 Å². The highest BCUT2D eigenvalue weighted by atomic mass is 16.5. The van der Waals surface area contributed by atoms with Crippen molar-refractivity contribution in [3.63, 3.8) is 0 Å². The predicted octanol–water partition coefficient (Wildman–Crippen LogP) is 0.725. The molecule has 1 aliphatic rings. The van der Waals surface area contributed by atoms with Crippen molar-refractivity contribution in [2.75, 3.05) is 20.3 Å². The maximum atomic E-state index is 5.32. The lowest BCUT2D eigenvalue weighted by Crippen LogP contribution is -2.46. The van der Waals surface area contributed by atoms with Gasteiger partial charge in [0, 0.05) is 12.1 Å². The summed E-state index contributed by atoms with van der Waals surface area (Å²) >= 11 is 0. The largest absolute Gasteiger partial charge is 0.378 e. The molecule has 0 radical (unpaired) electrons. The van der Waals surface area contributed by atoms with E-state index in [-0.39, 0.29) is 0 Å². The van der Waals surface area contributed by atoms with E-state index in [1.54, 1.807) is 0 Å². The van der Waals surface area contributed by atoms with Gasteiger partial charge in [0.25, 0.3) is 0 Å². The van der Waals surface area contributed by atoms with E-state index >= 15 is 0 Å². The molecule has 0 aromatic heterocycles. The second kappa shape index (κ2) is 2.67. The van der Waals surface area contributed by atoms with E-state index in [0.717, 1.165) is 13.2 Å². The van der Waals surface area contributed by atoms with Crippen LogP contribution in [0.15, 0.2) is 0 Å². The zero-order valence-electron chi connectivity index (χ0n) is 6.42. The van der Waals surface area contributed by atoms with Crippen molar-refractivity contribution in [3.8, 4) is 0 Å². The van der Waals surface area contributed by atoms with E-state index in [1.165, 1.54) is 0 Å². The molecule has 1 heterocycles. The molecule has 2 heteroatoms. The van der Waals surface area contributed by atoms with Gasteiger partial charge in [0.15, 0.2) is 0 Å². The first-order valence-electron chi connectivity index (χ1n) is 3.51. The second-order valence-electron chi connectivity index (χ2n) is 2.90. The van der Waals surface area contributed by atoms with Crippen molar-refractivity contribution >= 4 is 0 Å². The summed E-state index contributed by atoms with van der Waals surface area (Å²) in [5, 5.41) is 0. The Morgan fingerprint density at radius 3 is 2.00 bits per heavy atom. The maximum Gasteiger partial charge on any atom is 0.0619 e. The van der Waals surface area contributed by atoms with Crippen LogP contribution in [-0.4, -0.2) is 37.2 Å². The minimum Gasteiger partial charge on any atom is -0.378 e. The van der Waals surface area contributed by atoms with Gasteiger partial charge in [0.1, 0.15) is 0 Å². The fraction of sp³-hybridized carbons (Fsp3) is 1.00. The van der Waals surface area contributed by atoms with Crippen LogP contribution < -0.4 is 0 Å². The molecule has 1 aliphatic heterocycles. The third kappa shape index (κ3) is 1.43. The third-order valence-electron chi connectivity index (χ3n) is 2.11. The molecule has 2 atom stereocenters. The Morgan fingerprint density at radius 2 is 1.67 bits per heavy atom. The van der Waals surface area contributed by atoms with Gasteiger partial charge in [-0.25, -0.2) is 0 Å². The van der Waals surface area contributed by atoms with Crippen LogP contribution in [0.25, 0.3) is 0 Å². The lowest BCUT2D eigenvalue weighted by atomic mass is 10.2. The fourth-order valence-corrected chi connectivity index (χ4v) is 1.08. The minimum atomic E-state index is 0.591. The van der Waals surface area contributed by atoms with Crippen molar-refractivity contribution < 1.29 is 4.74 Å². The summed E-state index contributed by atoms with van der Waals surface area (Å²) < 4.78 is 5.32. The Hall–Kier alpha value is -0.0800. The van der Waals surface area contributed by atoms with Gasteiger partial charge in [-0.2, -0.15) is 0 Å². The summed E-state index contributed by atoms with van der Waals surface area (Å²) in [5.41, 5.74) is 0. The summed E-state index contributed by atoms with van der Waals surface area (Å²) in [6, 6.07) is 1.18. The van der Waals surface area contributed by atoms with Crippen LogP contribution >= 0.6 is 0 Å². The zero-order valence-corrected chi connectivity index (χ0v) is 6.42. The molecular weight excluding hydrogens is 114 g/mol. The number of nitrogens with zero attached hydrogens (tertiary/aromatic N) is 1. The molecule has 0 bridgehead atoms. The molecule has 0 aliphatic carbocycles. The van der Waals surface area contributed by atoms with E-state index < -0.39 is 0 Å². The monoisotopic (exact) mass is 129 g/mol. The molecule has 0 aromatic carbocycles. The minimum absolute atomic E-state index is 0.591. The van der Waals surface area contributed by atoms with Crippen molar-refractivity contribution in [3.05, 3.63) is 0 Å². The number of rotatable bonds is 0. The van der Waals surface area contributed by atoms with E-state index in [2.05, 4.69) is 25.8 Å². The lowest BCUT2D eigenvalue weighted by Gasteiger charge is -2.35. The highest BCUT2D eigenvalue weighted by Gasteiger charge is 2.20. The molecular formula is C7H15NO. The number of hydrogen-bond donors (Lipinski definition) is 0. The van der Waals surface area contributed by atoms with Crippen LogP contribution in [0, 0.1) is 0 Å². The molecule has 9 heavy (non-hydrogen) atoms. The normalized spacial score (nSPS) is 39.0. The van der Waals surface area contributed by atoms with E-state index in [0.29, 0.717) is 12.1 Å². The van der Waals surface area contributed by atoms with Crippen LogP contribution in [-0.2, 0) is 4.74 Å². The van der Waals surface area contributed by atoms with Gasteiger partial charge in [0.2, 0.25) is 0 Å². The fourth-order valence-electron chi connectivity index (χ4n) is 1.08. The first kappa shape index (κ1) is 7.03. The number of ether oxygens (including phenoxy) is 1. The number of likely N-dealkylation sites (N-methyl/N-ethyl adjacent to an activating group) is 1. The van der Waals surface area contributed by atoms with Crippen molar-refractivity contribution in [2.24, 2.45) is 0 Å². The van der Waals surface area contributed by atoms with Crippen molar-refractivity contribution in [1.29, 1.82) is 0 Å². The summed E-state index contributed by atoms with van der Waals surface area (Å²) in [5.74, 6) is 0. The average molecular weight is 129 g/mol. The Bertz CT molecular complexity index is 84.9. The SMILES string of the molecule is CC1COC[C@H](C)N1C. The molecule has 0 aromatic rings. The summed E-state index contributed by atoms with van der Waals surface area (Å²) in [6.45, 7) is 6.16. The molecule has 1 rings (SSSR count). The molecule has 0 spiro atoms. The summed E-state index contributed by atoms with van der Waals surface area (Å²) in [7, 11) is 2.15. The van der Waals surface area contributed by atoms with Gasteiger partial charge in [-0.15, -0.1) is 0 Å². The van der Waals surface area contributed by atoms with Crippen LogP contribution in [0.2, 0.25) is 0 Å². The first-order valence-corrected chi connectivity index (χ1v) is 3.51. The van der Waals surface area contributed by atoms with Gasteiger partial charge in [-0.1, -0.05) is 0 Å². The zero-order chi connectivity index (χ0) is 6.85. The van der Waals surface area contributed by atoms with Crippen LogP contribution in [0.5, 0.6) is 0 Å². The third-order valence-corrected chi connectivity index (χ3v) is 2.11. The molecule has 2 nitrogen and oxygen atoms in total. The Kier molecular flexibility index (Phi) is 2.09. The molecule has 1 saturated heterocycles. The second-order valence-corrected chi connectivity index (χ2v) is 2.90. The van der Waals surface area contributed by atoms with E-state index in [1.807, 2.05) is 0 Å².